The summed E-state index contributed by atoms with van der Waals surface area (Å²) in [6.07, 6.45) is 0. The zero-order valence-electron chi connectivity index (χ0n) is 15.2. The highest BCUT2D eigenvalue weighted by atomic mass is 35.5. The van der Waals surface area contributed by atoms with Crippen molar-refractivity contribution < 1.29 is 13.7 Å². The van der Waals surface area contributed by atoms with Crippen molar-refractivity contribution in [2.75, 3.05) is 14.1 Å². The molecule has 0 spiro atoms. The predicted molar refractivity (Wildman–Crippen MR) is 104 cm³/mol. The average molecular weight is 410 g/mol. The molecular formula is C19H20ClF2N4S+. The number of hydrogen-bond donors (Lipinski definition) is 1. The first-order valence-electron chi connectivity index (χ1n) is 8.45. The third-order valence-corrected chi connectivity index (χ3v) is 5.71. The lowest BCUT2D eigenvalue weighted by atomic mass is 10.2. The predicted octanol–water partition coefficient (Wildman–Crippen LogP) is 3.70. The Kier molecular flexibility index (Phi) is 6.14. The monoisotopic (exact) mass is 409 g/mol. The fourth-order valence-electron chi connectivity index (χ4n) is 2.55. The largest absolute Gasteiger partial charge is 0.331 e. The van der Waals surface area contributed by atoms with Crippen LogP contribution in [0.15, 0.2) is 47.6 Å². The molecule has 8 heteroatoms. The van der Waals surface area contributed by atoms with Gasteiger partial charge in [-0.15, -0.1) is 10.2 Å². The molecule has 3 aromatic rings. The minimum atomic E-state index is -0.353. The molecule has 2 aromatic carbocycles. The molecule has 1 atom stereocenters. The molecule has 142 valence electrons. The van der Waals surface area contributed by atoms with E-state index in [0.29, 0.717) is 21.5 Å². The van der Waals surface area contributed by atoms with Gasteiger partial charge in [0.25, 0.3) is 0 Å². The zero-order chi connectivity index (χ0) is 19.6. The van der Waals surface area contributed by atoms with Crippen molar-refractivity contribution in [3.05, 3.63) is 70.5 Å². The maximum Gasteiger partial charge on any atom is 0.196 e. The van der Waals surface area contributed by atoms with Gasteiger partial charge in [-0.05, 0) is 43.3 Å². The van der Waals surface area contributed by atoms with Crippen molar-refractivity contribution in [1.82, 2.24) is 14.8 Å². The fraction of sp³-hybridized carbons (Fsp3) is 0.263. The molecule has 0 saturated heterocycles. The normalized spacial score (nSPS) is 12.6. The summed E-state index contributed by atoms with van der Waals surface area (Å²) in [6, 6.07) is 10.8. The van der Waals surface area contributed by atoms with E-state index < -0.39 is 0 Å². The van der Waals surface area contributed by atoms with Crippen LogP contribution in [-0.4, -0.2) is 28.9 Å². The lowest BCUT2D eigenvalue weighted by molar-refractivity contribution is -0.890. The Labute approximate surface area is 166 Å². The number of thioether (sulfide) groups is 1. The maximum atomic E-state index is 14.1. The van der Waals surface area contributed by atoms with Crippen LogP contribution in [0.4, 0.5) is 8.78 Å². The van der Waals surface area contributed by atoms with E-state index in [2.05, 4.69) is 10.2 Å². The second-order valence-electron chi connectivity index (χ2n) is 6.44. The van der Waals surface area contributed by atoms with Gasteiger partial charge in [-0.25, -0.2) is 8.78 Å². The van der Waals surface area contributed by atoms with E-state index >= 15 is 0 Å². The summed E-state index contributed by atoms with van der Waals surface area (Å²) >= 11 is 7.47. The van der Waals surface area contributed by atoms with Gasteiger partial charge in [0.05, 0.1) is 14.1 Å². The number of quaternary nitrogens is 1. The van der Waals surface area contributed by atoms with Gasteiger partial charge >= 0.3 is 0 Å². The summed E-state index contributed by atoms with van der Waals surface area (Å²) in [6.45, 7) is 2.04. The van der Waals surface area contributed by atoms with E-state index in [4.69, 9.17) is 11.6 Å². The number of benzene rings is 2. The lowest BCUT2D eigenvalue weighted by Crippen LogP contribution is -3.05. The molecule has 1 heterocycles. The van der Waals surface area contributed by atoms with Gasteiger partial charge < -0.3 is 4.90 Å². The molecule has 0 amide bonds. The molecule has 1 N–H and O–H groups in total. The van der Waals surface area contributed by atoms with Crippen LogP contribution in [0.5, 0.6) is 0 Å². The SMILES string of the molecule is C[C@H](c1nnc(SCc2c(F)cccc2Cl)n1-c1ccc(F)cc1)[NH+](C)C. The van der Waals surface area contributed by atoms with E-state index in [1.165, 1.54) is 34.9 Å². The number of aromatic nitrogens is 3. The van der Waals surface area contributed by atoms with Crippen molar-refractivity contribution >= 4 is 23.4 Å². The molecule has 0 radical (unpaired) electrons. The number of rotatable bonds is 6. The van der Waals surface area contributed by atoms with Crippen molar-refractivity contribution in [2.45, 2.75) is 23.9 Å². The summed E-state index contributed by atoms with van der Waals surface area (Å²) in [4.78, 5) is 1.18. The van der Waals surface area contributed by atoms with Crippen LogP contribution in [-0.2, 0) is 5.75 Å². The van der Waals surface area contributed by atoms with Crippen LogP contribution in [0.2, 0.25) is 5.02 Å². The molecule has 3 rings (SSSR count). The van der Waals surface area contributed by atoms with Crippen LogP contribution in [0, 0.1) is 11.6 Å². The minimum absolute atomic E-state index is 0.0638. The number of nitrogens with one attached hydrogen (secondary N) is 1. The van der Waals surface area contributed by atoms with E-state index in [9.17, 15) is 8.78 Å². The first kappa shape index (κ1) is 19.8. The molecule has 0 aliphatic heterocycles. The Morgan fingerprint density at radius 1 is 1.11 bits per heavy atom. The van der Waals surface area contributed by atoms with E-state index in [1.54, 1.807) is 24.3 Å². The highest BCUT2D eigenvalue weighted by molar-refractivity contribution is 7.98. The van der Waals surface area contributed by atoms with E-state index in [0.717, 1.165) is 11.5 Å². The number of halogens is 3. The van der Waals surface area contributed by atoms with Crippen LogP contribution in [0.1, 0.15) is 24.4 Å². The van der Waals surface area contributed by atoms with Gasteiger partial charge in [-0.2, -0.15) is 0 Å². The van der Waals surface area contributed by atoms with Crippen LogP contribution in [0.3, 0.4) is 0 Å². The molecule has 0 saturated carbocycles. The fourth-order valence-corrected chi connectivity index (χ4v) is 3.86. The van der Waals surface area contributed by atoms with Gasteiger partial charge in [0, 0.05) is 22.0 Å². The zero-order valence-corrected chi connectivity index (χ0v) is 16.8. The molecule has 0 aliphatic rings. The molecule has 0 aliphatic carbocycles. The van der Waals surface area contributed by atoms with Crippen LogP contribution < -0.4 is 4.90 Å². The molecule has 0 unspecified atom stereocenters. The molecule has 4 nitrogen and oxygen atoms in total. The molecule has 1 aromatic heterocycles. The topological polar surface area (TPSA) is 35.1 Å². The number of hydrogen-bond acceptors (Lipinski definition) is 3. The maximum absolute atomic E-state index is 14.1. The Morgan fingerprint density at radius 3 is 2.44 bits per heavy atom. The van der Waals surface area contributed by atoms with Crippen LogP contribution in [0.25, 0.3) is 5.69 Å². The standard InChI is InChI=1S/C19H19ClF2N4S/c1-12(25(2)3)18-23-24-19(26(18)14-9-7-13(21)8-10-14)27-11-15-16(20)5-4-6-17(15)22/h4-10,12H,11H2,1-3H3/p+1/t12-/m1/s1. The molecule has 0 bridgehead atoms. The summed E-state index contributed by atoms with van der Waals surface area (Å²) in [5, 5.41) is 9.62. The van der Waals surface area contributed by atoms with Crippen molar-refractivity contribution in [2.24, 2.45) is 0 Å². The Morgan fingerprint density at radius 2 is 1.81 bits per heavy atom. The van der Waals surface area contributed by atoms with Gasteiger partial charge in [-0.3, -0.25) is 4.57 Å². The summed E-state index contributed by atoms with van der Waals surface area (Å²) in [7, 11) is 4.06. The quantitative estimate of drug-likeness (QED) is 0.630. The number of nitrogens with zero attached hydrogens (tertiary/aromatic N) is 3. The second-order valence-corrected chi connectivity index (χ2v) is 7.79. The van der Waals surface area contributed by atoms with E-state index in [1.807, 2.05) is 25.6 Å². The Hall–Kier alpha value is -1.96. The summed E-state index contributed by atoms with van der Waals surface area (Å²) in [5.41, 5.74) is 1.18. The van der Waals surface area contributed by atoms with Gasteiger partial charge in [0.15, 0.2) is 11.0 Å². The average Bonchev–Trinajstić information content (AvgIpc) is 3.05. The Balaban J connectivity index is 1.99. The van der Waals surface area contributed by atoms with Crippen molar-refractivity contribution in [3.8, 4) is 5.69 Å². The minimum Gasteiger partial charge on any atom is -0.331 e. The Bertz CT molecular complexity index is 908. The van der Waals surface area contributed by atoms with Gasteiger partial charge in [-0.1, -0.05) is 29.4 Å². The second kappa shape index (κ2) is 8.37. The highest BCUT2D eigenvalue weighted by Crippen LogP contribution is 2.30. The summed E-state index contributed by atoms with van der Waals surface area (Å²) < 4.78 is 29.3. The molecule has 0 fully saturated rings. The smallest absolute Gasteiger partial charge is 0.196 e. The van der Waals surface area contributed by atoms with E-state index in [-0.39, 0.29) is 17.7 Å². The first-order chi connectivity index (χ1) is 12.9. The lowest BCUT2D eigenvalue weighted by Gasteiger charge is -2.18. The first-order valence-corrected chi connectivity index (χ1v) is 9.81. The van der Waals surface area contributed by atoms with Crippen molar-refractivity contribution in [1.29, 1.82) is 0 Å². The van der Waals surface area contributed by atoms with Gasteiger partial charge in [0.2, 0.25) is 0 Å². The highest BCUT2D eigenvalue weighted by Gasteiger charge is 2.24. The third kappa shape index (κ3) is 4.31. The van der Waals surface area contributed by atoms with Crippen molar-refractivity contribution in [3.63, 3.8) is 0 Å². The molecule has 27 heavy (non-hydrogen) atoms. The van der Waals surface area contributed by atoms with Gasteiger partial charge in [0.1, 0.15) is 17.7 Å². The molecular weight excluding hydrogens is 390 g/mol. The van der Waals surface area contributed by atoms with Crippen LogP contribution >= 0.6 is 23.4 Å². The third-order valence-electron chi connectivity index (χ3n) is 4.40. The summed E-state index contributed by atoms with van der Waals surface area (Å²) in [5.74, 6) is 0.401.